The van der Waals surface area contributed by atoms with Gasteiger partial charge >= 0.3 is 19.5 Å². The topological polar surface area (TPSA) is 0 Å². The third-order valence-electron chi connectivity index (χ3n) is 4.93. The second kappa shape index (κ2) is 17.9. The van der Waals surface area contributed by atoms with Gasteiger partial charge in [-0.1, -0.05) is 98.3 Å². The minimum absolute atomic E-state index is 0. The van der Waals surface area contributed by atoms with Crippen LogP contribution < -0.4 is 40.7 Å². The Morgan fingerprint density at radius 1 is 0.515 bits per heavy atom. The molecule has 0 amide bonds. The molecule has 1 radical (unpaired) electrons. The molecule has 0 saturated heterocycles. The fourth-order valence-electron chi connectivity index (χ4n) is 3.27. The number of benzene rings is 4. The number of hydrogen-bond donors (Lipinski definition) is 0. The molecule has 4 rings (SSSR count). The van der Waals surface area contributed by atoms with Gasteiger partial charge in [-0.25, -0.2) is 0 Å². The summed E-state index contributed by atoms with van der Waals surface area (Å²) in [7, 11) is -0.877. The molecule has 4 aromatic carbocycles. The molecule has 0 saturated carbocycles. The van der Waals surface area contributed by atoms with Gasteiger partial charge in [-0.2, -0.15) is 0 Å². The zero-order valence-electron chi connectivity index (χ0n) is 19.7. The molecule has 4 heteroatoms. The van der Waals surface area contributed by atoms with E-state index >= 15 is 0 Å². The van der Waals surface area contributed by atoms with Crippen LogP contribution in [0.4, 0.5) is 0 Å². The molecule has 0 atom stereocenters. The summed E-state index contributed by atoms with van der Waals surface area (Å²) >= 11 is 0. The van der Waals surface area contributed by atoms with Crippen LogP contribution in [-0.4, -0.2) is 0 Å². The van der Waals surface area contributed by atoms with E-state index in [4.69, 9.17) is 0 Å². The first-order valence-corrected chi connectivity index (χ1v) is 11.7. The second-order valence-corrected chi connectivity index (χ2v) is 10.0. The molecule has 0 N–H and O–H groups in total. The van der Waals surface area contributed by atoms with E-state index in [1.54, 1.807) is 0 Å². The van der Waals surface area contributed by atoms with Crippen LogP contribution in [0.5, 0.6) is 0 Å². The summed E-state index contributed by atoms with van der Waals surface area (Å²) in [5.74, 6) is 0.653. The fourth-order valence-corrected chi connectivity index (χ4v) is 5.84. The van der Waals surface area contributed by atoms with Crippen LogP contribution in [0.2, 0.25) is 0 Å². The van der Waals surface area contributed by atoms with Crippen molar-refractivity contribution in [2.75, 3.05) is 0 Å². The average Bonchev–Trinajstić information content (AvgIpc) is 2.77. The van der Waals surface area contributed by atoms with Crippen molar-refractivity contribution in [3.05, 3.63) is 134 Å². The van der Waals surface area contributed by atoms with Crippen molar-refractivity contribution < 1.29 is 44.3 Å². The van der Waals surface area contributed by atoms with Crippen molar-refractivity contribution in [2.24, 2.45) is 0 Å². The first-order chi connectivity index (χ1) is 14.1. The van der Waals surface area contributed by atoms with Crippen LogP contribution in [-0.2, 0) is 19.5 Å². The zero-order chi connectivity index (χ0) is 20.5. The minimum Gasteiger partial charge on any atom is -1.00 e. The number of rotatable bonds is 4. The van der Waals surface area contributed by atoms with Gasteiger partial charge in [0.25, 0.3) is 0 Å². The minimum atomic E-state index is -0.877. The predicted octanol–water partition coefficient (Wildman–Crippen LogP) is 0.751. The van der Waals surface area contributed by atoms with Gasteiger partial charge in [0.15, 0.2) is 0 Å². The van der Waals surface area contributed by atoms with Crippen LogP contribution in [0.1, 0.15) is 30.9 Å². The molecule has 0 unspecified atom stereocenters. The van der Waals surface area contributed by atoms with Crippen LogP contribution in [0, 0.1) is 14.4 Å². The molecule has 4 aromatic rings. The number of hydrogen-bond acceptors (Lipinski definition) is 0. The van der Waals surface area contributed by atoms with Gasteiger partial charge in [0, 0.05) is 0 Å². The van der Waals surface area contributed by atoms with E-state index in [2.05, 4.69) is 136 Å². The van der Waals surface area contributed by atoms with Crippen LogP contribution >= 0.6 is 7.92 Å². The molecule has 33 heavy (non-hydrogen) atoms. The summed E-state index contributed by atoms with van der Waals surface area (Å²) < 4.78 is 0. The molecule has 0 spiro atoms. The van der Waals surface area contributed by atoms with E-state index in [-0.39, 0.29) is 51.7 Å². The molecule has 0 aromatic heterocycles. The van der Waals surface area contributed by atoms with Crippen molar-refractivity contribution in [1.82, 2.24) is 0 Å². The van der Waals surface area contributed by atoms with E-state index in [0.29, 0.717) is 5.92 Å². The first kappa shape index (κ1) is 33.7. The maximum atomic E-state index is 2.24. The summed E-state index contributed by atoms with van der Waals surface area (Å²) in [5.41, 5.74) is 2.76. The smallest absolute Gasteiger partial charge is 1.00 e. The maximum Gasteiger partial charge on any atom is 3.00 e. The van der Waals surface area contributed by atoms with Crippen molar-refractivity contribution in [1.29, 1.82) is 0 Å². The van der Waals surface area contributed by atoms with E-state index in [1.165, 1.54) is 27.0 Å². The Morgan fingerprint density at radius 2 is 0.818 bits per heavy atom. The van der Waals surface area contributed by atoms with Crippen molar-refractivity contribution in [3.63, 3.8) is 0 Å². The molecule has 0 aliphatic rings. The normalized spacial score (nSPS) is 9.24. The summed E-state index contributed by atoms with van der Waals surface area (Å²) in [6, 6.07) is 41.2. The van der Waals surface area contributed by atoms with E-state index in [1.807, 2.05) is 0 Å². The molecule has 0 aliphatic heterocycles. The van der Waals surface area contributed by atoms with Crippen LogP contribution in [0.3, 0.4) is 0 Å². The summed E-state index contributed by atoms with van der Waals surface area (Å²) in [6.45, 7) is 6.54. The molecule has 0 aliphatic carbocycles. The third-order valence-corrected chi connectivity index (χ3v) is 7.66. The Hall–Kier alpha value is -1.49. The molecule has 175 valence electrons. The monoisotopic (exact) mass is 584 g/mol. The van der Waals surface area contributed by atoms with Gasteiger partial charge in [0.05, 0.1) is 7.92 Å². The van der Waals surface area contributed by atoms with Crippen LogP contribution in [0.15, 0.2) is 115 Å². The Kier molecular flexibility index (Phi) is 18.3. The molecular weight excluding hydrogens is 551 g/mol. The van der Waals surface area contributed by atoms with Gasteiger partial charge in [-0.15, -0.1) is 0 Å². The van der Waals surface area contributed by atoms with Gasteiger partial charge in [-0.05, 0) is 54.8 Å². The number of halogens is 2. The van der Waals surface area contributed by atoms with E-state index < -0.39 is 7.92 Å². The molecule has 0 heterocycles. The van der Waals surface area contributed by atoms with Gasteiger partial charge in [0.1, 0.15) is 15.9 Å². The number of aryl methyl sites for hydroxylation is 1. The third kappa shape index (κ3) is 10.5. The van der Waals surface area contributed by atoms with Crippen molar-refractivity contribution in [3.8, 4) is 0 Å². The quantitative estimate of drug-likeness (QED) is 0.189. The Bertz CT molecular complexity index is 882. The SMILES string of the molecule is Cc1ccc(C(C)C)cc1.[CH3-].[Cl-].[Cl-].[Ru+3].c1ccc([PH+](c2ccccc2)c2ccccc2)cc1. The fraction of sp³-hybridized carbons (Fsp3) is 0.138. The Labute approximate surface area is 227 Å². The van der Waals surface area contributed by atoms with Crippen molar-refractivity contribution >= 4 is 23.8 Å². The maximum absolute atomic E-state index is 2.24. The van der Waals surface area contributed by atoms with Gasteiger partial charge < -0.3 is 32.2 Å². The molecule has 0 fully saturated rings. The van der Waals surface area contributed by atoms with Gasteiger partial charge in [-0.3, -0.25) is 0 Å². The summed E-state index contributed by atoms with van der Waals surface area (Å²) in [6.07, 6.45) is 0. The predicted molar refractivity (Wildman–Crippen MR) is 138 cm³/mol. The Balaban J connectivity index is 0. The summed E-state index contributed by atoms with van der Waals surface area (Å²) in [4.78, 5) is 0. The largest absolute Gasteiger partial charge is 3.00 e. The first-order valence-electron chi connectivity index (χ1n) is 10.2. The van der Waals surface area contributed by atoms with Crippen LogP contribution in [0.25, 0.3) is 0 Å². The molecule has 0 bridgehead atoms. The van der Waals surface area contributed by atoms with Crippen molar-refractivity contribution in [2.45, 2.75) is 26.7 Å². The zero-order valence-corrected chi connectivity index (χ0v) is 23.9. The summed E-state index contributed by atoms with van der Waals surface area (Å²) in [5, 5.41) is 4.31. The van der Waals surface area contributed by atoms with E-state index in [0.717, 1.165) is 0 Å². The Morgan fingerprint density at radius 3 is 1.09 bits per heavy atom. The van der Waals surface area contributed by atoms with Gasteiger partial charge in [0.2, 0.25) is 0 Å². The average molecular weight is 585 g/mol. The standard InChI is InChI=1S/C18H15P.C10H14.CH3.2ClH.Ru/c1-4-10-16(11-5-1)19(17-12-6-2-7-13-17)18-14-8-3-9-15-18;1-8(2)10-6-4-9(3)5-7-10;;;;/h1-15H;4-8H,1-3H3;1H3;2*1H;/q;;-1;;;+3/p-1. The molecule has 0 nitrogen and oxygen atoms in total. The second-order valence-electron chi connectivity index (χ2n) is 7.54. The molecular formula is C29H33Cl2PRu+. The van der Waals surface area contributed by atoms with E-state index in [9.17, 15) is 0 Å².